The summed E-state index contributed by atoms with van der Waals surface area (Å²) in [5, 5.41) is 16.6. The topological polar surface area (TPSA) is 122 Å². The third-order valence-electron chi connectivity index (χ3n) is 4.23. The molecule has 0 aliphatic heterocycles. The number of amides is 1. The highest BCUT2D eigenvalue weighted by Gasteiger charge is 2.36. The predicted molar refractivity (Wildman–Crippen MR) is 84.1 cm³/mol. The number of H-pyrrole nitrogens is 1. The van der Waals surface area contributed by atoms with Gasteiger partial charge in [0.1, 0.15) is 6.54 Å². The average Bonchev–Trinajstić information content (AvgIpc) is 2.91. The summed E-state index contributed by atoms with van der Waals surface area (Å²) in [6.45, 7) is -0.193. The highest BCUT2D eigenvalue weighted by Crippen LogP contribution is 2.37. The van der Waals surface area contributed by atoms with Gasteiger partial charge >= 0.3 is 5.69 Å². The lowest BCUT2D eigenvalue weighted by Crippen LogP contribution is -2.43. The van der Waals surface area contributed by atoms with Crippen molar-refractivity contribution < 1.29 is 9.90 Å². The molecule has 1 fully saturated rings. The molecule has 2 aromatic rings. The van der Waals surface area contributed by atoms with Gasteiger partial charge in [-0.15, -0.1) is 0 Å². The fourth-order valence-corrected chi connectivity index (χ4v) is 2.92. The molecule has 0 saturated heterocycles. The van der Waals surface area contributed by atoms with E-state index in [1.165, 1.54) is 12.3 Å². The highest BCUT2D eigenvalue weighted by atomic mass is 16.3. The van der Waals surface area contributed by atoms with Crippen LogP contribution in [0.5, 0.6) is 0 Å². The summed E-state index contributed by atoms with van der Waals surface area (Å²) in [6.07, 6.45) is 5.67. The van der Waals surface area contributed by atoms with E-state index in [9.17, 15) is 19.5 Å². The Bertz CT molecular complexity index is 846. The van der Waals surface area contributed by atoms with Crippen LogP contribution < -0.4 is 16.6 Å². The van der Waals surface area contributed by atoms with Crippen molar-refractivity contribution in [2.24, 2.45) is 13.0 Å². The molecule has 9 nitrogen and oxygen atoms in total. The molecule has 1 unspecified atom stereocenters. The Kier molecular flexibility index (Phi) is 4.34. The first-order valence-electron chi connectivity index (χ1n) is 7.68. The molecule has 1 amide bonds. The lowest BCUT2D eigenvalue weighted by molar-refractivity contribution is -0.123. The fraction of sp³-hybridized carbons (Fsp3) is 0.467. The van der Waals surface area contributed by atoms with Crippen molar-refractivity contribution in [1.82, 2.24) is 24.6 Å². The Labute approximate surface area is 136 Å². The minimum absolute atomic E-state index is 0.125. The SMILES string of the molecule is Cn1cc(C(NC(=O)Cn2ccc(=O)[nH]c2=O)C2CC(O)C2)cn1. The number of hydrogen-bond acceptors (Lipinski definition) is 5. The van der Waals surface area contributed by atoms with Crippen molar-refractivity contribution in [3.8, 4) is 0 Å². The maximum atomic E-state index is 12.3. The van der Waals surface area contributed by atoms with Gasteiger partial charge < -0.3 is 10.4 Å². The van der Waals surface area contributed by atoms with Crippen LogP contribution in [0, 0.1) is 5.92 Å². The predicted octanol–water partition coefficient (Wildman–Crippen LogP) is -1.10. The lowest BCUT2D eigenvalue weighted by atomic mass is 9.75. The van der Waals surface area contributed by atoms with Crippen molar-refractivity contribution in [1.29, 1.82) is 0 Å². The number of carbonyl (C=O) groups is 1. The average molecular weight is 333 g/mol. The molecule has 0 spiro atoms. The van der Waals surface area contributed by atoms with Gasteiger partial charge in [0.05, 0.1) is 18.3 Å². The van der Waals surface area contributed by atoms with E-state index in [1.54, 1.807) is 17.9 Å². The third kappa shape index (κ3) is 3.46. The Morgan fingerprint density at radius 1 is 1.50 bits per heavy atom. The van der Waals surface area contributed by atoms with Crippen molar-refractivity contribution in [3.05, 3.63) is 51.1 Å². The maximum Gasteiger partial charge on any atom is 0.328 e. The van der Waals surface area contributed by atoms with E-state index in [-0.39, 0.29) is 30.5 Å². The number of aryl methyl sites for hydroxylation is 1. The largest absolute Gasteiger partial charge is 0.393 e. The van der Waals surface area contributed by atoms with E-state index in [1.807, 2.05) is 6.20 Å². The van der Waals surface area contributed by atoms with Gasteiger partial charge in [-0.25, -0.2) is 4.79 Å². The summed E-state index contributed by atoms with van der Waals surface area (Å²) in [6, 6.07) is 0.920. The minimum atomic E-state index is -0.630. The van der Waals surface area contributed by atoms with E-state index in [0.717, 1.165) is 10.1 Å². The monoisotopic (exact) mass is 333 g/mol. The van der Waals surface area contributed by atoms with Gasteiger partial charge in [0.15, 0.2) is 0 Å². The molecule has 128 valence electrons. The van der Waals surface area contributed by atoms with Gasteiger partial charge in [0.25, 0.3) is 5.56 Å². The Hall–Kier alpha value is -2.68. The number of rotatable bonds is 5. The van der Waals surface area contributed by atoms with Gasteiger partial charge in [-0.2, -0.15) is 5.10 Å². The van der Waals surface area contributed by atoms with E-state index in [2.05, 4.69) is 15.4 Å². The number of nitrogens with zero attached hydrogens (tertiary/aromatic N) is 3. The van der Waals surface area contributed by atoms with Gasteiger partial charge in [-0.1, -0.05) is 0 Å². The molecule has 2 heterocycles. The standard InChI is InChI=1S/C15H19N5O4/c1-19-7-10(6-16-19)14(9-4-11(21)5-9)17-13(23)8-20-3-2-12(22)18-15(20)24/h2-3,6-7,9,11,14,21H,4-5,8H2,1H3,(H,17,23)(H,18,22,24). The first-order chi connectivity index (χ1) is 11.4. The van der Waals surface area contributed by atoms with Crippen LogP contribution in [0.2, 0.25) is 0 Å². The number of carbonyl (C=O) groups excluding carboxylic acids is 1. The zero-order valence-electron chi connectivity index (χ0n) is 13.2. The molecule has 0 bridgehead atoms. The molecular weight excluding hydrogens is 314 g/mol. The van der Waals surface area contributed by atoms with Crippen molar-refractivity contribution in [3.63, 3.8) is 0 Å². The smallest absolute Gasteiger partial charge is 0.328 e. The van der Waals surface area contributed by atoms with Crippen LogP contribution >= 0.6 is 0 Å². The highest BCUT2D eigenvalue weighted by molar-refractivity contribution is 5.76. The van der Waals surface area contributed by atoms with E-state index in [4.69, 9.17) is 0 Å². The van der Waals surface area contributed by atoms with E-state index in [0.29, 0.717) is 12.8 Å². The molecule has 24 heavy (non-hydrogen) atoms. The molecule has 3 N–H and O–H groups in total. The summed E-state index contributed by atoms with van der Waals surface area (Å²) in [7, 11) is 1.79. The van der Waals surface area contributed by atoms with Crippen LogP contribution in [-0.4, -0.2) is 36.4 Å². The minimum Gasteiger partial charge on any atom is -0.393 e. The summed E-state index contributed by atoms with van der Waals surface area (Å²) >= 11 is 0. The summed E-state index contributed by atoms with van der Waals surface area (Å²) < 4.78 is 2.78. The Morgan fingerprint density at radius 2 is 2.25 bits per heavy atom. The molecule has 0 aromatic carbocycles. The van der Waals surface area contributed by atoms with Crippen molar-refractivity contribution >= 4 is 5.91 Å². The number of aromatic amines is 1. The first-order valence-corrected chi connectivity index (χ1v) is 7.68. The molecule has 1 aliphatic carbocycles. The van der Waals surface area contributed by atoms with Crippen LogP contribution in [0.15, 0.2) is 34.2 Å². The summed E-state index contributed by atoms with van der Waals surface area (Å²) in [5.41, 5.74) is -0.278. The van der Waals surface area contributed by atoms with Crippen LogP contribution in [-0.2, 0) is 18.4 Å². The van der Waals surface area contributed by atoms with Gasteiger partial charge in [-0.3, -0.25) is 23.8 Å². The van der Waals surface area contributed by atoms with Gasteiger partial charge in [0, 0.05) is 31.1 Å². The number of aliphatic hydroxyl groups excluding tert-OH is 1. The number of hydrogen-bond donors (Lipinski definition) is 3. The number of nitrogens with one attached hydrogen (secondary N) is 2. The van der Waals surface area contributed by atoms with E-state index >= 15 is 0 Å². The third-order valence-corrected chi connectivity index (χ3v) is 4.23. The molecular formula is C15H19N5O4. The molecule has 1 atom stereocenters. The van der Waals surface area contributed by atoms with Gasteiger partial charge in [0.2, 0.25) is 5.91 Å². The van der Waals surface area contributed by atoms with Crippen LogP contribution in [0.25, 0.3) is 0 Å². The maximum absolute atomic E-state index is 12.3. The molecule has 1 saturated carbocycles. The number of aliphatic hydroxyl groups is 1. The summed E-state index contributed by atoms with van der Waals surface area (Å²) in [5.74, 6) is -0.222. The summed E-state index contributed by atoms with van der Waals surface area (Å²) in [4.78, 5) is 37.1. The van der Waals surface area contributed by atoms with Gasteiger partial charge in [-0.05, 0) is 18.8 Å². The Balaban J connectivity index is 1.73. The molecule has 0 radical (unpaired) electrons. The normalized spacial score (nSPS) is 21.1. The zero-order chi connectivity index (χ0) is 17.3. The van der Waals surface area contributed by atoms with Crippen LogP contribution in [0.3, 0.4) is 0 Å². The fourth-order valence-electron chi connectivity index (χ4n) is 2.92. The second kappa shape index (κ2) is 6.44. The van der Waals surface area contributed by atoms with Crippen LogP contribution in [0.1, 0.15) is 24.4 Å². The zero-order valence-corrected chi connectivity index (χ0v) is 13.2. The molecule has 1 aliphatic rings. The van der Waals surface area contributed by atoms with E-state index < -0.39 is 11.2 Å². The van der Waals surface area contributed by atoms with Crippen molar-refractivity contribution in [2.45, 2.75) is 31.5 Å². The quantitative estimate of drug-likeness (QED) is 0.641. The second-order valence-corrected chi connectivity index (χ2v) is 6.12. The second-order valence-electron chi connectivity index (χ2n) is 6.12. The van der Waals surface area contributed by atoms with Crippen LogP contribution in [0.4, 0.5) is 0 Å². The first kappa shape index (κ1) is 16.2. The lowest BCUT2D eigenvalue weighted by Gasteiger charge is -2.37. The Morgan fingerprint density at radius 3 is 2.83 bits per heavy atom. The number of aromatic nitrogens is 4. The molecule has 2 aromatic heterocycles. The van der Waals surface area contributed by atoms with Crippen molar-refractivity contribution in [2.75, 3.05) is 0 Å². The molecule has 3 rings (SSSR count). The molecule has 9 heteroatoms.